The first-order chi connectivity index (χ1) is 8.65. The second-order valence-electron chi connectivity index (χ2n) is 4.80. The number of phenolic OH excluding ortho intramolecular Hbond substituents is 1. The van der Waals surface area contributed by atoms with Crippen molar-refractivity contribution in [2.45, 2.75) is 19.9 Å². The molecule has 0 atom stereocenters. The van der Waals surface area contributed by atoms with E-state index in [4.69, 9.17) is 0 Å². The molecule has 98 valence electrons. The van der Waals surface area contributed by atoms with E-state index in [-0.39, 0.29) is 5.91 Å². The van der Waals surface area contributed by atoms with Gasteiger partial charge in [0, 0.05) is 39.6 Å². The molecule has 1 aliphatic heterocycles. The molecule has 4 nitrogen and oxygen atoms in total. The second-order valence-corrected chi connectivity index (χ2v) is 4.80. The van der Waals surface area contributed by atoms with Gasteiger partial charge in [0.15, 0.2) is 0 Å². The molecule has 4 heteroatoms. The Kier molecular flexibility index (Phi) is 4.20. The molecule has 1 aromatic rings. The summed E-state index contributed by atoms with van der Waals surface area (Å²) in [5, 5.41) is 9.25. The standard InChI is InChI=1S/C14H20N2O2/c1-12(17)16-8-2-7-15(9-10-16)11-13-3-5-14(18)6-4-13/h3-6,18H,2,7-11H2,1H3. The normalized spacial score (nSPS) is 17.5. The molecule has 0 unspecified atom stereocenters. The van der Waals surface area contributed by atoms with Gasteiger partial charge < -0.3 is 10.0 Å². The summed E-state index contributed by atoms with van der Waals surface area (Å²) >= 11 is 0. The van der Waals surface area contributed by atoms with E-state index in [1.165, 1.54) is 5.56 Å². The van der Waals surface area contributed by atoms with Crippen molar-refractivity contribution in [3.05, 3.63) is 29.8 Å². The summed E-state index contributed by atoms with van der Waals surface area (Å²) < 4.78 is 0. The Bertz CT molecular complexity index is 403. The minimum Gasteiger partial charge on any atom is -0.508 e. The van der Waals surface area contributed by atoms with E-state index in [0.717, 1.165) is 39.1 Å². The summed E-state index contributed by atoms with van der Waals surface area (Å²) in [7, 11) is 0. The number of aromatic hydroxyl groups is 1. The van der Waals surface area contributed by atoms with Crippen LogP contribution in [0, 0.1) is 0 Å². The van der Waals surface area contributed by atoms with Crippen LogP contribution in [0.3, 0.4) is 0 Å². The van der Waals surface area contributed by atoms with Crippen LogP contribution in [0.25, 0.3) is 0 Å². The summed E-state index contributed by atoms with van der Waals surface area (Å²) in [5.41, 5.74) is 1.20. The van der Waals surface area contributed by atoms with Crippen molar-refractivity contribution in [2.24, 2.45) is 0 Å². The Morgan fingerprint density at radius 2 is 1.89 bits per heavy atom. The summed E-state index contributed by atoms with van der Waals surface area (Å²) in [6.07, 6.45) is 1.03. The summed E-state index contributed by atoms with van der Waals surface area (Å²) in [6.45, 7) is 6.13. The van der Waals surface area contributed by atoms with Crippen LogP contribution in [0.4, 0.5) is 0 Å². The lowest BCUT2D eigenvalue weighted by molar-refractivity contribution is -0.128. The van der Waals surface area contributed by atoms with Crippen LogP contribution in [0.15, 0.2) is 24.3 Å². The molecule has 0 radical (unpaired) electrons. The second kappa shape index (κ2) is 5.87. The van der Waals surface area contributed by atoms with Gasteiger partial charge in [-0.15, -0.1) is 0 Å². The zero-order chi connectivity index (χ0) is 13.0. The fourth-order valence-electron chi connectivity index (χ4n) is 2.30. The molecule has 0 aromatic heterocycles. The highest BCUT2D eigenvalue weighted by atomic mass is 16.3. The van der Waals surface area contributed by atoms with E-state index >= 15 is 0 Å². The van der Waals surface area contributed by atoms with Gasteiger partial charge in [0.2, 0.25) is 5.91 Å². The third-order valence-electron chi connectivity index (χ3n) is 3.38. The molecule has 1 saturated heterocycles. The van der Waals surface area contributed by atoms with E-state index in [2.05, 4.69) is 4.90 Å². The molecule has 0 saturated carbocycles. The van der Waals surface area contributed by atoms with Crippen LogP contribution in [-0.2, 0) is 11.3 Å². The molecule has 1 heterocycles. The molecule has 18 heavy (non-hydrogen) atoms. The quantitative estimate of drug-likeness (QED) is 0.861. The molecular weight excluding hydrogens is 228 g/mol. The molecule has 1 aromatic carbocycles. The van der Waals surface area contributed by atoms with Crippen molar-refractivity contribution in [1.29, 1.82) is 0 Å². The zero-order valence-corrected chi connectivity index (χ0v) is 10.8. The van der Waals surface area contributed by atoms with Crippen LogP contribution in [-0.4, -0.2) is 47.0 Å². The predicted octanol–water partition coefficient (Wildman–Crippen LogP) is 1.45. The lowest BCUT2D eigenvalue weighted by Gasteiger charge is -2.21. The highest BCUT2D eigenvalue weighted by molar-refractivity contribution is 5.73. The van der Waals surface area contributed by atoms with Gasteiger partial charge in [0.1, 0.15) is 5.75 Å². The Hall–Kier alpha value is -1.55. The first-order valence-electron chi connectivity index (χ1n) is 6.41. The number of carbonyl (C=O) groups is 1. The van der Waals surface area contributed by atoms with Gasteiger partial charge in [-0.1, -0.05) is 12.1 Å². The first kappa shape index (κ1) is 12.9. The van der Waals surface area contributed by atoms with Crippen molar-refractivity contribution < 1.29 is 9.90 Å². The van der Waals surface area contributed by atoms with Crippen LogP contribution in [0.5, 0.6) is 5.75 Å². The number of amides is 1. The Morgan fingerprint density at radius 3 is 2.56 bits per heavy atom. The number of carbonyl (C=O) groups excluding carboxylic acids is 1. The topological polar surface area (TPSA) is 43.8 Å². The SMILES string of the molecule is CC(=O)N1CCCN(Cc2ccc(O)cc2)CC1. The van der Waals surface area contributed by atoms with Crippen molar-refractivity contribution in [3.8, 4) is 5.75 Å². The highest BCUT2D eigenvalue weighted by Crippen LogP contribution is 2.13. The smallest absolute Gasteiger partial charge is 0.219 e. The van der Waals surface area contributed by atoms with Crippen LogP contribution in [0.2, 0.25) is 0 Å². The van der Waals surface area contributed by atoms with E-state index in [1.54, 1.807) is 19.1 Å². The fourth-order valence-corrected chi connectivity index (χ4v) is 2.30. The van der Waals surface area contributed by atoms with Gasteiger partial charge >= 0.3 is 0 Å². The molecule has 0 bridgehead atoms. The van der Waals surface area contributed by atoms with Crippen LogP contribution >= 0.6 is 0 Å². The van der Waals surface area contributed by atoms with Gasteiger partial charge in [-0.25, -0.2) is 0 Å². The monoisotopic (exact) mass is 248 g/mol. The molecule has 1 aliphatic rings. The summed E-state index contributed by atoms with van der Waals surface area (Å²) in [5.74, 6) is 0.471. The van der Waals surface area contributed by atoms with Crippen LogP contribution < -0.4 is 0 Å². The molecule has 1 fully saturated rings. The molecule has 1 N–H and O–H groups in total. The van der Waals surface area contributed by atoms with Gasteiger partial charge in [0.25, 0.3) is 0 Å². The minimum absolute atomic E-state index is 0.168. The largest absolute Gasteiger partial charge is 0.508 e. The van der Waals surface area contributed by atoms with Crippen molar-refractivity contribution in [2.75, 3.05) is 26.2 Å². The van der Waals surface area contributed by atoms with Gasteiger partial charge in [-0.05, 0) is 24.1 Å². The minimum atomic E-state index is 0.168. The highest BCUT2D eigenvalue weighted by Gasteiger charge is 2.16. The van der Waals surface area contributed by atoms with Crippen LogP contribution in [0.1, 0.15) is 18.9 Å². The lowest BCUT2D eigenvalue weighted by Crippen LogP contribution is -2.33. The molecule has 0 aliphatic carbocycles. The number of nitrogens with zero attached hydrogens (tertiary/aromatic N) is 2. The van der Waals surface area contributed by atoms with E-state index in [0.29, 0.717) is 5.75 Å². The maximum Gasteiger partial charge on any atom is 0.219 e. The maximum absolute atomic E-state index is 11.3. The Balaban J connectivity index is 1.90. The molecule has 2 rings (SSSR count). The molecule has 1 amide bonds. The predicted molar refractivity (Wildman–Crippen MR) is 70.3 cm³/mol. The third-order valence-corrected chi connectivity index (χ3v) is 3.38. The number of rotatable bonds is 2. The van der Waals surface area contributed by atoms with Crippen molar-refractivity contribution in [3.63, 3.8) is 0 Å². The van der Waals surface area contributed by atoms with E-state index in [1.807, 2.05) is 17.0 Å². The Morgan fingerprint density at radius 1 is 1.17 bits per heavy atom. The first-order valence-corrected chi connectivity index (χ1v) is 6.41. The summed E-state index contributed by atoms with van der Waals surface area (Å²) in [4.78, 5) is 15.6. The van der Waals surface area contributed by atoms with Gasteiger partial charge in [-0.2, -0.15) is 0 Å². The lowest BCUT2D eigenvalue weighted by atomic mass is 10.2. The Labute approximate surface area is 108 Å². The van der Waals surface area contributed by atoms with Gasteiger partial charge in [-0.3, -0.25) is 9.69 Å². The average Bonchev–Trinajstić information content (AvgIpc) is 2.58. The van der Waals surface area contributed by atoms with E-state index < -0.39 is 0 Å². The number of hydrogen-bond donors (Lipinski definition) is 1. The van der Waals surface area contributed by atoms with Crippen molar-refractivity contribution in [1.82, 2.24) is 9.80 Å². The van der Waals surface area contributed by atoms with Gasteiger partial charge in [0.05, 0.1) is 0 Å². The average molecular weight is 248 g/mol. The zero-order valence-electron chi connectivity index (χ0n) is 10.8. The number of hydrogen-bond acceptors (Lipinski definition) is 3. The van der Waals surface area contributed by atoms with E-state index in [9.17, 15) is 9.90 Å². The number of benzene rings is 1. The summed E-state index contributed by atoms with van der Waals surface area (Å²) in [6, 6.07) is 7.33. The maximum atomic E-state index is 11.3. The molecular formula is C14H20N2O2. The molecule has 0 spiro atoms. The fraction of sp³-hybridized carbons (Fsp3) is 0.500. The van der Waals surface area contributed by atoms with Crippen molar-refractivity contribution >= 4 is 5.91 Å². The number of phenols is 1. The third kappa shape index (κ3) is 3.47.